The van der Waals surface area contributed by atoms with Gasteiger partial charge in [0.05, 0.1) is 6.42 Å². The van der Waals surface area contributed by atoms with Crippen LogP contribution in [0.3, 0.4) is 0 Å². The zero-order valence-electron chi connectivity index (χ0n) is 16.3. The van der Waals surface area contributed by atoms with Crippen molar-refractivity contribution < 1.29 is 23.1 Å². The van der Waals surface area contributed by atoms with Gasteiger partial charge in [0.2, 0.25) is 11.5 Å². The van der Waals surface area contributed by atoms with Crippen LogP contribution >= 0.6 is 11.3 Å². The van der Waals surface area contributed by atoms with E-state index in [9.17, 15) is 23.1 Å². The van der Waals surface area contributed by atoms with Crippen LogP contribution in [0.4, 0.5) is 19.0 Å². The minimum Gasteiger partial charge on any atom is -0.374 e. The summed E-state index contributed by atoms with van der Waals surface area (Å²) in [5, 5.41) is 11.3. The van der Waals surface area contributed by atoms with Gasteiger partial charge < -0.3 is 14.9 Å². The Kier molecular flexibility index (Phi) is 5.81. The molecule has 2 aromatic heterocycles. The number of amides is 1. The molecular formula is C18H22F3N5O2S. The van der Waals surface area contributed by atoms with E-state index in [2.05, 4.69) is 15.0 Å². The summed E-state index contributed by atoms with van der Waals surface area (Å²) in [5.41, 5.74) is -2.11. The third-order valence-corrected chi connectivity index (χ3v) is 5.87. The molecule has 0 spiro atoms. The fraction of sp³-hybridized carbons (Fsp3) is 0.556. The first kappa shape index (κ1) is 21.4. The molecule has 11 heteroatoms. The van der Waals surface area contributed by atoms with Crippen molar-refractivity contribution in [1.29, 1.82) is 0 Å². The van der Waals surface area contributed by atoms with E-state index < -0.39 is 29.1 Å². The molecule has 1 unspecified atom stereocenters. The van der Waals surface area contributed by atoms with Crippen molar-refractivity contribution in [1.82, 2.24) is 19.9 Å². The van der Waals surface area contributed by atoms with Gasteiger partial charge in [-0.3, -0.25) is 4.79 Å². The van der Waals surface area contributed by atoms with E-state index in [0.29, 0.717) is 35.9 Å². The predicted octanol–water partition coefficient (Wildman–Crippen LogP) is 2.35. The maximum absolute atomic E-state index is 13.6. The Morgan fingerprint density at radius 3 is 2.28 bits per heavy atom. The van der Waals surface area contributed by atoms with Crippen LogP contribution in [0.2, 0.25) is 0 Å². The van der Waals surface area contributed by atoms with Crippen molar-refractivity contribution in [2.24, 2.45) is 0 Å². The van der Waals surface area contributed by atoms with Crippen molar-refractivity contribution in [3.05, 3.63) is 33.7 Å². The van der Waals surface area contributed by atoms with Crippen molar-refractivity contribution in [3.8, 4) is 0 Å². The summed E-state index contributed by atoms with van der Waals surface area (Å²) in [6.45, 7) is 6.53. The smallest absolute Gasteiger partial charge is 0.374 e. The maximum atomic E-state index is 13.6. The van der Waals surface area contributed by atoms with E-state index in [4.69, 9.17) is 0 Å². The number of hydrogen-bond acceptors (Lipinski definition) is 7. The minimum absolute atomic E-state index is 0.242. The molecule has 158 valence electrons. The van der Waals surface area contributed by atoms with Crippen LogP contribution in [0.15, 0.2) is 11.4 Å². The molecule has 1 aliphatic rings. The lowest BCUT2D eigenvalue weighted by Gasteiger charge is -2.37. The number of aromatic nitrogens is 3. The van der Waals surface area contributed by atoms with E-state index in [-0.39, 0.29) is 13.1 Å². The first-order valence-electron chi connectivity index (χ1n) is 9.06. The molecule has 0 aliphatic carbocycles. The van der Waals surface area contributed by atoms with Crippen LogP contribution in [0.5, 0.6) is 0 Å². The van der Waals surface area contributed by atoms with Crippen molar-refractivity contribution in [3.63, 3.8) is 0 Å². The highest BCUT2D eigenvalue weighted by atomic mass is 32.1. The molecule has 0 bridgehead atoms. The van der Waals surface area contributed by atoms with Crippen LogP contribution < -0.4 is 4.90 Å². The number of halogens is 3. The van der Waals surface area contributed by atoms with Gasteiger partial charge in [0.15, 0.2) is 0 Å². The third-order valence-electron chi connectivity index (χ3n) is 4.76. The van der Waals surface area contributed by atoms with E-state index in [0.717, 1.165) is 11.5 Å². The number of hydrogen-bond donors (Lipinski definition) is 1. The molecule has 0 saturated carbocycles. The predicted molar refractivity (Wildman–Crippen MR) is 102 cm³/mol. The highest BCUT2D eigenvalue weighted by molar-refractivity contribution is 7.09. The molecule has 1 saturated heterocycles. The molecule has 1 N–H and O–H groups in total. The summed E-state index contributed by atoms with van der Waals surface area (Å²) in [7, 11) is 0. The van der Waals surface area contributed by atoms with Gasteiger partial charge >= 0.3 is 6.18 Å². The molecule has 7 nitrogen and oxygen atoms in total. The van der Waals surface area contributed by atoms with Gasteiger partial charge in [0.1, 0.15) is 16.6 Å². The summed E-state index contributed by atoms with van der Waals surface area (Å²) in [5.74, 6) is 0.604. The Morgan fingerprint density at radius 2 is 1.76 bits per heavy atom. The lowest BCUT2D eigenvalue weighted by Crippen LogP contribution is -2.52. The Labute approximate surface area is 170 Å². The first-order valence-corrected chi connectivity index (χ1v) is 9.94. The second-order valence-corrected chi connectivity index (χ2v) is 7.97. The fourth-order valence-corrected chi connectivity index (χ4v) is 4.13. The zero-order valence-corrected chi connectivity index (χ0v) is 17.1. The van der Waals surface area contributed by atoms with E-state index in [1.165, 1.54) is 17.2 Å². The molecule has 1 aliphatic heterocycles. The van der Waals surface area contributed by atoms with Gasteiger partial charge in [-0.15, -0.1) is 11.3 Å². The van der Waals surface area contributed by atoms with Gasteiger partial charge in [-0.1, -0.05) is 0 Å². The number of piperazine rings is 1. The Balaban J connectivity index is 1.69. The first-order chi connectivity index (χ1) is 13.5. The van der Waals surface area contributed by atoms with Crippen LogP contribution in [0.25, 0.3) is 0 Å². The Morgan fingerprint density at radius 1 is 1.10 bits per heavy atom. The van der Waals surface area contributed by atoms with Crippen LogP contribution in [-0.4, -0.2) is 63.2 Å². The summed E-state index contributed by atoms with van der Waals surface area (Å²) in [4.78, 5) is 28.3. The molecule has 3 heterocycles. The SMILES string of the molecule is Cc1cc(N2CCN(C(=O)CC(O)(c3nc(C)cs3)C(F)(F)F)CC2)nc(C)n1. The number of anilines is 1. The molecule has 0 aromatic carbocycles. The highest BCUT2D eigenvalue weighted by Gasteiger charge is 2.58. The number of aliphatic hydroxyl groups is 1. The molecule has 1 amide bonds. The average Bonchev–Trinajstić information content (AvgIpc) is 3.07. The maximum Gasteiger partial charge on any atom is 0.424 e. The summed E-state index contributed by atoms with van der Waals surface area (Å²) >= 11 is 0.698. The van der Waals surface area contributed by atoms with Crippen LogP contribution in [0.1, 0.15) is 28.6 Å². The van der Waals surface area contributed by atoms with Gasteiger partial charge in [0.25, 0.3) is 0 Å². The number of aryl methyl sites for hydroxylation is 3. The number of nitrogens with zero attached hydrogens (tertiary/aromatic N) is 5. The largest absolute Gasteiger partial charge is 0.424 e. The topological polar surface area (TPSA) is 82.5 Å². The standard InChI is InChI=1S/C18H22F3N5O2S/c1-11-8-14(24-13(3)22-11)25-4-6-26(7-5-25)15(27)9-17(28,18(19,20)21)16-23-12(2)10-29-16/h8,10,28H,4-7,9H2,1-3H3. The molecule has 2 aromatic rings. The minimum atomic E-state index is -5.01. The normalized spacial score (nSPS) is 17.3. The third kappa shape index (κ3) is 4.50. The number of carbonyl (C=O) groups is 1. The van der Waals surface area contributed by atoms with Gasteiger partial charge in [-0.05, 0) is 20.8 Å². The van der Waals surface area contributed by atoms with Gasteiger partial charge in [-0.2, -0.15) is 13.2 Å². The molecule has 29 heavy (non-hydrogen) atoms. The molecule has 1 fully saturated rings. The summed E-state index contributed by atoms with van der Waals surface area (Å²) < 4.78 is 40.8. The molecular weight excluding hydrogens is 407 g/mol. The quantitative estimate of drug-likeness (QED) is 0.804. The number of rotatable bonds is 4. The fourth-order valence-electron chi connectivity index (χ4n) is 3.22. The second-order valence-electron chi connectivity index (χ2n) is 7.11. The Bertz CT molecular complexity index is 876. The summed E-state index contributed by atoms with van der Waals surface area (Å²) in [6, 6.07) is 1.83. The van der Waals surface area contributed by atoms with Gasteiger partial charge in [-0.25, -0.2) is 15.0 Å². The number of alkyl halides is 3. The molecule has 3 rings (SSSR count). The van der Waals surface area contributed by atoms with Gasteiger partial charge in [0, 0.05) is 49.0 Å². The molecule has 0 radical (unpaired) electrons. The zero-order chi connectivity index (χ0) is 21.4. The lowest BCUT2D eigenvalue weighted by molar-refractivity contribution is -0.268. The highest BCUT2D eigenvalue weighted by Crippen LogP contribution is 2.43. The monoisotopic (exact) mass is 429 g/mol. The van der Waals surface area contributed by atoms with Crippen molar-refractivity contribution in [2.45, 2.75) is 39.0 Å². The summed E-state index contributed by atoms with van der Waals surface area (Å²) in [6.07, 6.45) is -6.10. The number of thiazole rings is 1. The van der Waals surface area contributed by atoms with E-state index in [1.54, 1.807) is 6.92 Å². The average molecular weight is 429 g/mol. The van der Waals surface area contributed by atoms with E-state index >= 15 is 0 Å². The lowest BCUT2D eigenvalue weighted by atomic mass is 9.98. The van der Waals surface area contributed by atoms with Crippen LogP contribution in [-0.2, 0) is 10.4 Å². The van der Waals surface area contributed by atoms with Crippen molar-refractivity contribution in [2.75, 3.05) is 31.1 Å². The second kappa shape index (κ2) is 7.86. The van der Waals surface area contributed by atoms with E-state index in [1.807, 2.05) is 17.9 Å². The number of carbonyl (C=O) groups excluding carboxylic acids is 1. The van der Waals surface area contributed by atoms with Crippen LogP contribution in [0, 0.1) is 20.8 Å². The molecule has 1 atom stereocenters. The van der Waals surface area contributed by atoms with Crippen molar-refractivity contribution >= 4 is 23.1 Å². The Hall–Kier alpha value is -2.27.